The molecule has 0 spiro atoms. The monoisotopic (exact) mass is 316 g/mol. The van der Waals surface area contributed by atoms with Crippen LogP contribution in [0, 0.1) is 0 Å². The van der Waals surface area contributed by atoms with E-state index in [1.807, 2.05) is 30.3 Å². The SMILES string of the molecule is CN(C(=O)CCCC(=O)NC1CCCCCC1)c1ccccc1. The molecule has 1 aliphatic carbocycles. The Kier molecular flexibility index (Phi) is 7.11. The van der Waals surface area contributed by atoms with E-state index < -0.39 is 0 Å². The predicted octanol–water partition coefficient (Wildman–Crippen LogP) is 3.66. The van der Waals surface area contributed by atoms with Crippen molar-refractivity contribution in [3.8, 4) is 0 Å². The van der Waals surface area contributed by atoms with Gasteiger partial charge in [0.05, 0.1) is 0 Å². The molecule has 1 N–H and O–H groups in total. The van der Waals surface area contributed by atoms with Crippen LogP contribution in [0.3, 0.4) is 0 Å². The maximum atomic E-state index is 12.2. The van der Waals surface area contributed by atoms with Gasteiger partial charge in [-0.2, -0.15) is 0 Å². The largest absolute Gasteiger partial charge is 0.353 e. The van der Waals surface area contributed by atoms with Crippen LogP contribution < -0.4 is 10.2 Å². The van der Waals surface area contributed by atoms with Crippen molar-refractivity contribution in [3.63, 3.8) is 0 Å². The minimum atomic E-state index is 0.0541. The Bertz CT molecular complexity index is 493. The van der Waals surface area contributed by atoms with Crippen molar-refractivity contribution in [2.75, 3.05) is 11.9 Å². The Morgan fingerprint density at radius 2 is 1.70 bits per heavy atom. The minimum Gasteiger partial charge on any atom is -0.353 e. The smallest absolute Gasteiger partial charge is 0.226 e. The average molecular weight is 316 g/mol. The maximum Gasteiger partial charge on any atom is 0.226 e. The fourth-order valence-electron chi connectivity index (χ4n) is 3.09. The van der Waals surface area contributed by atoms with Crippen LogP contribution in [-0.2, 0) is 9.59 Å². The van der Waals surface area contributed by atoms with E-state index in [-0.39, 0.29) is 11.8 Å². The van der Waals surface area contributed by atoms with Crippen LogP contribution in [0.2, 0.25) is 0 Å². The van der Waals surface area contributed by atoms with E-state index in [0.717, 1.165) is 18.5 Å². The summed E-state index contributed by atoms with van der Waals surface area (Å²) < 4.78 is 0. The van der Waals surface area contributed by atoms with Gasteiger partial charge in [0.1, 0.15) is 0 Å². The lowest BCUT2D eigenvalue weighted by molar-refractivity contribution is -0.122. The maximum absolute atomic E-state index is 12.2. The van der Waals surface area contributed by atoms with Gasteiger partial charge in [0.2, 0.25) is 11.8 Å². The normalized spacial score (nSPS) is 15.7. The molecule has 1 aromatic carbocycles. The summed E-state index contributed by atoms with van der Waals surface area (Å²) >= 11 is 0. The van der Waals surface area contributed by atoms with Gasteiger partial charge in [0.15, 0.2) is 0 Å². The number of carbonyl (C=O) groups is 2. The van der Waals surface area contributed by atoms with Gasteiger partial charge < -0.3 is 10.2 Å². The molecule has 0 aromatic heterocycles. The second-order valence-electron chi connectivity index (χ2n) is 6.40. The van der Waals surface area contributed by atoms with E-state index >= 15 is 0 Å². The Morgan fingerprint density at radius 3 is 2.35 bits per heavy atom. The third-order valence-corrected chi connectivity index (χ3v) is 4.53. The molecular formula is C19H28N2O2. The average Bonchev–Trinajstić information content (AvgIpc) is 2.83. The van der Waals surface area contributed by atoms with Crippen molar-refractivity contribution < 1.29 is 9.59 Å². The summed E-state index contributed by atoms with van der Waals surface area (Å²) in [6, 6.07) is 9.93. The van der Waals surface area contributed by atoms with Crippen molar-refractivity contribution in [1.29, 1.82) is 0 Å². The van der Waals surface area contributed by atoms with Crippen LogP contribution >= 0.6 is 0 Å². The van der Waals surface area contributed by atoms with Gasteiger partial charge in [0.25, 0.3) is 0 Å². The number of nitrogens with zero attached hydrogens (tertiary/aromatic N) is 1. The zero-order chi connectivity index (χ0) is 16.5. The minimum absolute atomic E-state index is 0.0541. The zero-order valence-corrected chi connectivity index (χ0v) is 14.1. The molecule has 2 amide bonds. The van der Waals surface area contributed by atoms with Crippen molar-refractivity contribution in [1.82, 2.24) is 5.32 Å². The third kappa shape index (κ3) is 6.05. The quantitative estimate of drug-likeness (QED) is 0.814. The second kappa shape index (κ2) is 9.33. The number of hydrogen-bond acceptors (Lipinski definition) is 2. The fraction of sp³-hybridized carbons (Fsp3) is 0.579. The molecule has 0 bridgehead atoms. The number of para-hydroxylation sites is 1. The molecule has 1 fully saturated rings. The van der Waals surface area contributed by atoms with E-state index in [9.17, 15) is 9.59 Å². The molecule has 0 radical (unpaired) electrons. The van der Waals surface area contributed by atoms with Crippen LogP contribution in [0.1, 0.15) is 57.8 Å². The Hall–Kier alpha value is -1.84. The summed E-state index contributed by atoms with van der Waals surface area (Å²) in [5.41, 5.74) is 0.889. The lowest BCUT2D eigenvalue weighted by Crippen LogP contribution is -2.34. The molecule has 1 aliphatic rings. The second-order valence-corrected chi connectivity index (χ2v) is 6.40. The number of hydrogen-bond donors (Lipinski definition) is 1. The van der Waals surface area contributed by atoms with Crippen LogP contribution in [-0.4, -0.2) is 24.9 Å². The Labute approximate surface area is 139 Å². The van der Waals surface area contributed by atoms with Gasteiger partial charge in [-0.05, 0) is 31.4 Å². The first kappa shape index (κ1) is 17.5. The van der Waals surface area contributed by atoms with E-state index in [4.69, 9.17) is 0 Å². The number of carbonyl (C=O) groups excluding carboxylic acids is 2. The van der Waals surface area contributed by atoms with Crippen LogP contribution in [0.5, 0.6) is 0 Å². The van der Waals surface area contributed by atoms with Crippen LogP contribution in [0.4, 0.5) is 5.69 Å². The lowest BCUT2D eigenvalue weighted by atomic mass is 10.1. The Morgan fingerprint density at radius 1 is 1.04 bits per heavy atom. The zero-order valence-electron chi connectivity index (χ0n) is 14.1. The summed E-state index contributed by atoms with van der Waals surface area (Å²) in [5.74, 6) is 0.144. The first-order valence-electron chi connectivity index (χ1n) is 8.78. The van der Waals surface area contributed by atoms with Gasteiger partial charge in [-0.15, -0.1) is 0 Å². The highest BCUT2D eigenvalue weighted by molar-refractivity contribution is 5.92. The van der Waals surface area contributed by atoms with Crippen molar-refractivity contribution >= 4 is 17.5 Å². The highest BCUT2D eigenvalue weighted by Crippen LogP contribution is 2.17. The molecule has 0 saturated heterocycles. The number of anilines is 1. The Balaban J connectivity index is 1.67. The fourth-order valence-corrected chi connectivity index (χ4v) is 3.09. The number of rotatable bonds is 6. The highest BCUT2D eigenvalue weighted by atomic mass is 16.2. The highest BCUT2D eigenvalue weighted by Gasteiger charge is 2.15. The first-order valence-corrected chi connectivity index (χ1v) is 8.78. The van der Waals surface area contributed by atoms with Crippen molar-refractivity contribution in [2.45, 2.75) is 63.8 Å². The number of benzene rings is 1. The number of amides is 2. The molecule has 0 heterocycles. The molecular weight excluding hydrogens is 288 g/mol. The van der Waals surface area contributed by atoms with Gasteiger partial charge in [-0.3, -0.25) is 9.59 Å². The molecule has 1 aromatic rings. The molecule has 23 heavy (non-hydrogen) atoms. The van der Waals surface area contributed by atoms with E-state index in [2.05, 4.69) is 5.32 Å². The van der Waals surface area contributed by atoms with E-state index in [0.29, 0.717) is 25.3 Å². The van der Waals surface area contributed by atoms with Crippen molar-refractivity contribution in [2.24, 2.45) is 0 Å². The molecule has 0 atom stereocenters. The van der Waals surface area contributed by atoms with Gasteiger partial charge in [0, 0.05) is 31.6 Å². The summed E-state index contributed by atoms with van der Waals surface area (Å²) in [4.78, 5) is 25.8. The topological polar surface area (TPSA) is 49.4 Å². The first-order chi connectivity index (χ1) is 11.2. The van der Waals surface area contributed by atoms with Crippen LogP contribution in [0.15, 0.2) is 30.3 Å². The van der Waals surface area contributed by atoms with Gasteiger partial charge in [-0.1, -0.05) is 43.9 Å². The summed E-state index contributed by atoms with van der Waals surface area (Å²) in [5, 5.41) is 3.13. The lowest BCUT2D eigenvalue weighted by Gasteiger charge is -2.18. The molecule has 4 heteroatoms. The molecule has 1 saturated carbocycles. The van der Waals surface area contributed by atoms with E-state index in [1.54, 1.807) is 11.9 Å². The number of nitrogens with one attached hydrogen (secondary N) is 1. The molecule has 126 valence electrons. The summed E-state index contributed by atoms with van der Waals surface area (Å²) in [6.45, 7) is 0. The van der Waals surface area contributed by atoms with E-state index in [1.165, 1.54) is 25.7 Å². The predicted molar refractivity (Wildman–Crippen MR) is 93.3 cm³/mol. The molecule has 2 rings (SSSR count). The van der Waals surface area contributed by atoms with Crippen LogP contribution in [0.25, 0.3) is 0 Å². The molecule has 0 unspecified atom stereocenters. The van der Waals surface area contributed by atoms with Gasteiger partial charge >= 0.3 is 0 Å². The molecule has 4 nitrogen and oxygen atoms in total. The standard InChI is InChI=1S/C19H28N2O2/c1-21(17-12-7-4-8-13-17)19(23)15-9-14-18(22)20-16-10-5-2-3-6-11-16/h4,7-8,12-13,16H,2-3,5-6,9-11,14-15H2,1H3,(H,20,22). The third-order valence-electron chi connectivity index (χ3n) is 4.53. The summed E-state index contributed by atoms with van der Waals surface area (Å²) in [7, 11) is 1.78. The van der Waals surface area contributed by atoms with Gasteiger partial charge in [-0.25, -0.2) is 0 Å². The molecule has 0 aliphatic heterocycles. The summed E-state index contributed by atoms with van der Waals surface area (Å²) in [6.07, 6.45) is 8.64. The van der Waals surface area contributed by atoms with Crippen molar-refractivity contribution in [3.05, 3.63) is 30.3 Å².